The van der Waals surface area contributed by atoms with E-state index in [4.69, 9.17) is 15.0 Å². The molecule has 0 saturated heterocycles. The van der Waals surface area contributed by atoms with Gasteiger partial charge in [-0.15, -0.1) is 0 Å². The Bertz CT molecular complexity index is 487. The average Bonchev–Trinajstić information content (AvgIpc) is 2.97. The molecule has 2 heterocycles. The first-order chi connectivity index (χ1) is 8.74. The minimum absolute atomic E-state index is 0.127. The lowest BCUT2D eigenvalue weighted by Crippen LogP contribution is -2.05. The van der Waals surface area contributed by atoms with Crippen LogP contribution in [0, 0.1) is 0 Å². The first kappa shape index (κ1) is 12.6. The Labute approximate surface area is 105 Å². The first-order valence-corrected chi connectivity index (χ1v) is 6.01. The van der Waals surface area contributed by atoms with Crippen LogP contribution in [0.15, 0.2) is 10.6 Å². The van der Waals surface area contributed by atoms with Crippen molar-refractivity contribution in [2.24, 2.45) is 0 Å². The van der Waals surface area contributed by atoms with Crippen LogP contribution in [-0.4, -0.2) is 26.9 Å². The molecule has 0 saturated carbocycles. The van der Waals surface area contributed by atoms with Crippen molar-refractivity contribution in [3.8, 4) is 11.6 Å². The van der Waals surface area contributed by atoms with E-state index in [1.165, 1.54) is 0 Å². The van der Waals surface area contributed by atoms with Crippen LogP contribution in [0.3, 0.4) is 0 Å². The van der Waals surface area contributed by atoms with E-state index in [0.717, 1.165) is 12.8 Å². The van der Waals surface area contributed by atoms with E-state index in [2.05, 4.69) is 27.3 Å². The SMILES string of the molecule is CCCC(OCC)c1noc(-c2cc(N)n[nH]2)n1. The fraction of sp³-hybridized carbons (Fsp3) is 0.545. The van der Waals surface area contributed by atoms with Gasteiger partial charge in [0.15, 0.2) is 0 Å². The highest BCUT2D eigenvalue weighted by atomic mass is 16.5. The number of nitrogen functional groups attached to an aromatic ring is 1. The van der Waals surface area contributed by atoms with E-state index >= 15 is 0 Å². The quantitative estimate of drug-likeness (QED) is 0.813. The van der Waals surface area contributed by atoms with Crippen LogP contribution in [0.2, 0.25) is 0 Å². The van der Waals surface area contributed by atoms with E-state index in [0.29, 0.717) is 29.8 Å². The highest BCUT2D eigenvalue weighted by molar-refractivity contribution is 5.51. The van der Waals surface area contributed by atoms with Crippen molar-refractivity contribution >= 4 is 5.82 Å². The van der Waals surface area contributed by atoms with Gasteiger partial charge in [0, 0.05) is 12.7 Å². The van der Waals surface area contributed by atoms with Crippen molar-refractivity contribution in [3.05, 3.63) is 11.9 Å². The Morgan fingerprint density at radius 1 is 1.50 bits per heavy atom. The Morgan fingerprint density at radius 3 is 2.94 bits per heavy atom. The molecule has 0 amide bonds. The standard InChI is InChI=1S/C11H17N5O2/c1-3-5-8(17-4-2)10-13-11(18-16-10)7-6-9(12)15-14-7/h6,8H,3-5H2,1-2H3,(H3,12,14,15). The van der Waals surface area contributed by atoms with Gasteiger partial charge in [-0.25, -0.2) is 0 Å². The molecule has 0 fully saturated rings. The normalized spacial score (nSPS) is 12.8. The maximum atomic E-state index is 5.59. The number of aromatic nitrogens is 4. The lowest BCUT2D eigenvalue weighted by Gasteiger charge is -2.10. The molecule has 1 atom stereocenters. The molecule has 0 aliphatic rings. The van der Waals surface area contributed by atoms with E-state index in [-0.39, 0.29) is 6.10 Å². The second-order valence-electron chi connectivity index (χ2n) is 3.90. The number of hydrogen-bond donors (Lipinski definition) is 2. The fourth-order valence-electron chi connectivity index (χ4n) is 1.67. The summed E-state index contributed by atoms with van der Waals surface area (Å²) in [5, 5.41) is 10.5. The molecule has 18 heavy (non-hydrogen) atoms. The van der Waals surface area contributed by atoms with Crippen LogP contribution in [0.25, 0.3) is 11.6 Å². The summed E-state index contributed by atoms with van der Waals surface area (Å²) in [7, 11) is 0. The molecule has 7 nitrogen and oxygen atoms in total. The summed E-state index contributed by atoms with van der Waals surface area (Å²) in [6.07, 6.45) is 1.72. The molecule has 2 aromatic heterocycles. The van der Waals surface area contributed by atoms with Gasteiger partial charge in [0.25, 0.3) is 5.89 Å². The minimum atomic E-state index is -0.127. The topological polar surface area (TPSA) is 103 Å². The number of nitrogens with zero attached hydrogens (tertiary/aromatic N) is 3. The largest absolute Gasteiger partial charge is 0.382 e. The van der Waals surface area contributed by atoms with E-state index in [1.807, 2.05) is 6.92 Å². The Balaban J connectivity index is 2.18. The van der Waals surface area contributed by atoms with Gasteiger partial charge in [-0.1, -0.05) is 18.5 Å². The molecule has 0 spiro atoms. The van der Waals surface area contributed by atoms with Crippen molar-refractivity contribution in [3.63, 3.8) is 0 Å². The maximum absolute atomic E-state index is 5.59. The van der Waals surface area contributed by atoms with Crippen molar-refractivity contribution < 1.29 is 9.26 Å². The van der Waals surface area contributed by atoms with Gasteiger partial charge in [-0.2, -0.15) is 10.1 Å². The van der Waals surface area contributed by atoms with Crippen molar-refractivity contribution in [1.29, 1.82) is 0 Å². The number of nitrogens with two attached hydrogens (primary N) is 1. The summed E-state index contributed by atoms with van der Waals surface area (Å²) >= 11 is 0. The van der Waals surface area contributed by atoms with Crippen LogP contribution in [-0.2, 0) is 4.74 Å². The number of nitrogens with one attached hydrogen (secondary N) is 1. The van der Waals surface area contributed by atoms with E-state index < -0.39 is 0 Å². The van der Waals surface area contributed by atoms with Gasteiger partial charge in [0.1, 0.15) is 17.6 Å². The molecule has 98 valence electrons. The molecule has 0 aliphatic carbocycles. The number of aromatic amines is 1. The second kappa shape index (κ2) is 5.63. The van der Waals surface area contributed by atoms with Crippen LogP contribution < -0.4 is 5.73 Å². The van der Waals surface area contributed by atoms with Gasteiger partial charge >= 0.3 is 0 Å². The fourth-order valence-corrected chi connectivity index (χ4v) is 1.67. The molecule has 2 aromatic rings. The molecule has 0 radical (unpaired) electrons. The first-order valence-electron chi connectivity index (χ1n) is 6.01. The van der Waals surface area contributed by atoms with Gasteiger partial charge in [-0.05, 0) is 13.3 Å². The van der Waals surface area contributed by atoms with Crippen molar-refractivity contribution in [2.75, 3.05) is 12.3 Å². The Hall–Kier alpha value is -1.89. The zero-order valence-corrected chi connectivity index (χ0v) is 10.5. The summed E-state index contributed by atoms with van der Waals surface area (Å²) in [4.78, 5) is 4.30. The smallest absolute Gasteiger partial charge is 0.276 e. The van der Waals surface area contributed by atoms with Crippen LogP contribution in [0.4, 0.5) is 5.82 Å². The molecular formula is C11H17N5O2. The predicted molar refractivity (Wildman–Crippen MR) is 65.6 cm³/mol. The Kier molecular flexibility index (Phi) is 3.93. The maximum Gasteiger partial charge on any atom is 0.276 e. The number of H-pyrrole nitrogens is 1. The van der Waals surface area contributed by atoms with E-state index in [1.54, 1.807) is 6.07 Å². The lowest BCUT2D eigenvalue weighted by molar-refractivity contribution is 0.0478. The van der Waals surface area contributed by atoms with Gasteiger partial charge < -0.3 is 15.0 Å². The number of rotatable bonds is 6. The monoisotopic (exact) mass is 251 g/mol. The van der Waals surface area contributed by atoms with Gasteiger partial charge in [0.05, 0.1) is 0 Å². The third kappa shape index (κ3) is 2.67. The van der Waals surface area contributed by atoms with Crippen molar-refractivity contribution in [2.45, 2.75) is 32.8 Å². The zero-order chi connectivity index (χ0) is 13.0. The highest BCUT2D eigenvalue weighted by Crippen LogP contribution is 2.23. The third-order valence-electron chi connectivity index (χ3n) is 2.48. The molecule has 0 aliphatic heterocycles. The zero-order valence-electron chi connectivity index (χ0n) is 10.5. The van der Waals surface area contributed by atoms with Crippen molar-refractivity contribution in [1.82, 2.24) is 20.3 Å². The molecule has 0 aromatic carbocycles. The van der Waals surface area contributed by atoms with E-state index in [9.17, 15) is 0 Å². The summed E-state index contributed by atoms with van der Waals surface area (Å²) in [5.41, 5.74) is 6.13. The van der Waals surface area contributed by atoms with Gasteiger partial charge in [0.2, 0.25) is 5.82 Å². The Morgan fingerprint density at radius 2 is 2.33 bits per heavy atom. The number of anilines is 1. The lowest BCUT2D eigenvalue weighted by atomic mass is 10.2. The number of hydrogen-bond acceptors (Lipinski definition) is 6. The van der Waals surface area contributed by atoms with Crippen LogP contribution >= 0.6 is 0 Å². The highest BCUT2D eigenvalue weighted by Gasteiger charge is 2.19. The van der Waals surface area contributed by atoms with Crippen LogP contribution in [0.5, 0.6) is 0 Å². The third-order valence-corrected chi connectivity index (χ3v) is 2.48. The molecule has 2 rings (SSSR count). The minimum Gasteiger partial charge on any atom is -0.382 e. The van der Waals surface area contributed by atoms with Gasteiger partial charge in [-0.3, -0.25) is 5.10 Å². The summed E-state index contributed by atoms with van der Waals surface area (Å²) in [6.45, 7) is 4.65. The molecule has 0 bridgehead atoms. The number of ether oxygens (including phenoxy) is 1. The molecular weight excluding hydrogens is 234 g/mol. The second-order valence-corrected chi connectivity index (χ2v) is 3.90. The summed E-state index contributed by atoms with van der Waals surface area (Å²) < 4.78 is 10.8. The molecule has 3 N–H and O–H groups in total. The molecule has 1 unspecified atom stereocenters. The average molecular weight is 251 g/mol. The summed E-state index contributed by atoms with van der Waals surface area (Å²) in [6, 6.07) is 1.65. The predicted octanol–water partition coefficient (Wildman–Crippen LogP) is 1.92. The molecule has 7 heteroatoms. The summed E-state index contributed by atoms with van der Waals surface area (Å²) in [5.74, 6) is 1.32. The van der Waals surface area contributed by atoms with Crippen LogP contribution in [0.1, 0.15) is 38.6 Å².